The Kier molecular flexibility index (Phi) is 7.30. The fraction of sp³-hybridized carbons (Fsp3) is 0.682. The molecule has 174 valence electrons. The minimum absolute atomic E-state index is 0.219. The maximum Gasteiger partial charge on any atom is 0.247 e. The molecule has 2 atom stereocenters. The van der Waals surface area contributed by atoms with E-state index in [9.17, 15) is 13.2 Å². The second-order valence-electron chi connectivity index (χ2n) is 8.80. The number of carbonyl (C=O) groups is 1. The lowest BCUT2D eigenvalue weighted by atomic mass is 9.90. The van der Waals surface area contributed by atoms with Crippen LogP contribution in [0.3, 0.4) is 0 Å². The number of hydrogen-bond acceptors (Lipinski definition) is 6. The summed E-state index contributed by atoms with van der Waals surface area (Å²) in [4.78, 5) is 14.1. The Balaban J connectivity index is 1.75. The Morgan fingerprint density at radius 3 is 2.13 bits per heavy atom. The number of piperidine rings is 1. The Hall–Kier alpha value is -1.68. The van der Waals surface area contributed by atoms with Gasteiger partial charge in [0.05, 0.1) is 11.2 Å². The van der Waals surface area contributed by atoms with Gasteiger partial charge < -0.3 is 10.2 Å². The molecule has 9 heteroatoms. The number of benzene rings is 1. The highest BCUT2D eigenvalue weighted by atomic mass is 32.2. The van der Waals surface area contributed by atoms with Crippen LogP contribution in [0, 0.1) is 33.6 Å². The van der Waals surface area contributed by atoms with Gasteiger partial charge in [0, 0.05) is 45.0 Å². The molecule has 0 bridgehead atoms. The summed E-state index contributed by atoms with van der Waals surface area (Å²) in [5.74, 6) is -1.09. The second kappa shape index (κ2) is 9.44. The predicted molar refractivity (Wildman–Crippen MR) is 122 cm³/mol. The molecule has 2 saturated heterocycles. The molecule has 2 unspecified atom stereocenters. The van der Waals surface area contributed by atoms with Crippen LogP contribution in [0.2, 0.25) is 0 Å². The number of hydroxylamine groups is 1. The molecule has 2 aliphatic rings. The molecule has 3 rings (SSSR count). The van der Waals surface area contributed by atoms with Gasteiger partial charge in [-0.15, -0.1) is 0 Å². The lowest BCUT2D eigenvalue weighted by Gasteiger charge is -2.40. The first kappa shape index (κ1) is 24.0. The summed E-state index contributed by atoms with van der Waals surface area (Å²) < 4.78 is 28.0. The van der Waals surface area contributed by atoms with E-state index < -0.39 is 27.1 Å². The molecule has 0 spiro atoms. The maximum absolute atomic E-state index is 13.2. The minimum atomic E-state index is -3.53. The number of rotatable bonds is 5. The highest BCUT2D eigenvalue weighted by molar-refractivity contribution is 7.89. The molecule has 1 aromatic rings. The third-order valence-electron chi connectivity index (χ3n) is 7.22. The number of carbonyl (C=O) groups excluding carboxylic acids is 1. The smallest absolute Gasteiger partial charge is 0.247 e. The molecule has 2 fully saturated rings. The molecule has 2 heterocycles. The van der Waals surface area contributed by atoms with Crippen molar-refractivity contribution in [2.75, 3.05) is 44.2 Å². The summed E-state index contributed by atoms with van der Waals surface area (Å²) >= 11 is 0. The topological polar surface area (TPSA) is 102 Å². The third-order valence-corrected chi connectivity index (χ3v) is 9.51. The quantitative estimate of drug-likeness (QED) is 0.461. The van der Waals surface area contributed by atoms with Crippen LogP contribution in [0.25, 0.3) is 0 Å². The molecule has 0 saturated carbocycles. The lowest BCUT2D eigenvalue weighted by Crippen LogP contribution is -2.55. The summed E-state index contributed by atoms with van der Waals surface area (Å²) in [7, 11) is -3.53. The van der Waals surface area contributed by atoms with E-state index in [0.717, 1.165) is 6.42 Å². The van der Waals surface area contributed by atoms with Crippen molar-refractivity contribution in [3.63, 3.8) is 0 Å². The molecular weight excluding hydrogens is 416 g/mol. The molecule has 8 nitrogen and oxygen atoms in total. The molecule has 1 amide bonds. The first-order valence-electron chi connectivity index (χ1n) is 11.1. The van der Waals surface area contributed by atoms with Crippen molar-refractivity contribution in [1.29, 1.82) is 0 Å². The third kappa shape index (κ3) is 4.46. The first-order valence-corrected chi connectivity index (χ1v) is 12.6. The van der Waals surface area contributed by atoms with Crippen molar-refractivity contribution in [2.45, 2.75) is 52.7 Å². The zero-order valence-electron chi connectivity index (χ0n) is 19.3. The van der Waals surface area contributed by atoms with Crippen LogP contribution in [0.1, 0.15) is 41.2 Å². The van der Waals surface area contributed by atoms with Crippen molar-refractivity contribution in [1.82, 2.24) is 15.1 Å². The molecule has 1 aromatic carbocycles. The molecule has 3 N–H and O–H groups in total. The fourth-order valence-electron chi connectivity index (χ4n) is 5.17. The second-order valence-corrected chi connectivity index (χ2v) is 11.0. The molecule has 2 aliphatic heterocycles. The van der Waals surface area contributed by atoms with Crippen LogP contribution < -0.4 is 15.7 Å². The lowest BCUT2D eigenvalue weighted by molar-refractivity contribution is -0.133. The molecular formula is C22H36N4O4S. The largest absolute Gasteiger partial charge is 0.368 e. The summed E-state index contributed by atoms with van der Waals surface area (Å²) in [6.07, 6.45) is 1.23. The van der Waals surface area contributed by atoms with Crippen LogP contribution >= 0.6 is 0 Å². The van der Waals surface area contributed by atoms with Gasteiger partial charge in [0.15, 0.2) is 0 Å². The summed E-state index contributed by atoms with van der Waals surface area (Å²) in [6.45, 7) is 13.7. The van der Waals surface area contributed by atoms with Crippen molar-refractivity contribution >= 4 is 21.6 Å². The first-order chi connectivity index (χ1) is 14.6. The van der Waals surface area contributed by atoms with Crippen LogP contribution in [0.4, 0.5) is 5.69 Å². The van der Waals surface area contributed by atoms with Gasteiger partial charge in [-0.2, -0.15) is 4.31 Å². The van der Waals surface area contributed by atoms with E-state index in [0.29, 0.717) is 39.3 Å². The van der Waals surface area contributed by atoms with Gasteiger partial charge in [-0.1, -0.05) is 6.92 Å². The number of piperazine rings is 1. The number of nitrogens with zero attached hydrogens (tertiary/aromatic N) is 2. The average molecular weight is 453 g/mol. The number of anilines is 1. The molecule has 0 radical (unpaired) electrons. The van der Waals surface area contributed by atoms with Crippen LogP contribution in [-0.4, -0.2) is 68.4 Å². The normalized spacial score (nSPS) is 23.1. The van der Waals surface area contributed by atoms with Crippen molar-refractivity contribution in [3.8, 4) is 0 Å². The number of hydrogen-bond donors (Lipinski definition) is 3. The fourth-order valence-corrected chi connectivity index (χ4v) is 7.07. The summed E-state index contributed by atoms with van der Waals surface area (Å²) in [5.41, 5.74) is 9.52. The van der Waals surface area contributed by atoms with Crippen molar-refractivity contribution < 1.29 is 18.4 Å². The monoisotopic (exact) mass is 452 g/mol. The maximum atomic E-state index is 13.2. The SMILES string of the molecule is CCc1c(C)c(C)c(N2CCN(S(=O)(=O)C3CNCC(C(=O)NO)C3)CC2)c(C)c1C. The van der Waals surface area contributed by atoms with E-state index in [1.807, 2.05) is 0 Å². The van der Waals surface area contributed by atoms with Crippen molar-refractivity contribution in [3.05, 3.63) is 27.8 Å². The highest BCUT2D eigenvalue weighted by Gasteiger charge is 2.39. The van der Waals surface area contributed by atoms with Gasteiger partial charge in [0.2, 0.25) is 15.9 Å². The summed E-state index contributed by atoms with van der Waals surface area (Å²) in [5, 5.41) is 11.3. The van der Waals surface area contributed by atoms with E-state index in [1.165, 1.54) is 33.5 Å². The minimum Gasteiger partial charge on any atom is -0.368 e. The van der Waals surface area contributed by atoms with Gasteiger partial charge in [0.25, 0.3) is 0 Å². The van der Waals surface area contributed by atoms with E-state index in [2.05, 4.69) is 44.8 Å². The molecule has 0 aromatic heterocycles. The van der Waals surface area contributed by atoms with Crippen LogP contribution in [0.5, 0.6) is 0 Å². The zero-order valence-corrected chi connectivity index (χ0v) is 20.1. The van der Waals surface area contributed by atoms with Crippen LogP contribution in [0.15, 0.2) is 0 Å². The van der Waals surface area contributed by atoms with Gasteiger partial charge in [-0.05, 0) is 68.4 Å². The molecule has 0 aliphatic carbocycles. The Morgan fingerprint density at radius 2 is 1.61 bits per heavy atom. The number of amides is 1. The van der Waals surface area contributed by atoms with Gasteiger partial charge >= 0.3 is 0 Å². The van der Waals surface area contributed by atoms with Crippen molar-refractivity contribution in [2.24, 2.45) is 5.92 Å². The Morgan fingerprint density at radius 1 is 1.03 bits per heavy atom. The van der Waals surface area contributed by atoms with Gasteiger partial charge in [-0.25, -0.2) is 13.9 Å². The van der Waals surface area contributed by atoms with Crippen LogP contribution in [-0.2, 0) is 21.2 Å². The Labute approximate surface area is 186 Å². The average Bonchev–Trinajstić information content (AvgIpc) is 2.78. The highest BCUT2D eigenvalue weighted by Crippen LogP contribution is 2.34. The van der Waals surface area contributed by atoms with E-state index in [4.69, 9.17) is 5.21 Å². The Bertz CT molecular complexity index is 910. The standard InChI is InChI=1S/C22H36N4O4S/c1-6-20-14(2)16(4)21(17(5)15(20)3)25-7-9-26(10-8-25)31(29,30)19-11-18(12-23-13-19)22(27)24-28/h18-19,23,28H,6-13H2,1-5H3,(H,24,27). The number of nitrogens with one attached hydrogen (secondary N) is 2. The van der Waals surface area contributed by atoms with E-state index in [1.54, 1.807) is 9.79 Å². The van der Waals surface area contributed by atoms with Gasteiger partial charge in [0.1, 0.15) is 0 Å². The predicted octanol–water partition coefficient (Wildman–Crippen LogP) is 1.42. The zero-order chi connectivity index (χ0) is 22.9. The van der Waals surface area contributed by atoms with E-state index >= 15 is 0 Å². The summed E-state index contributed by atoms with van der Waals surface area (Å²) in [6, 6.07) is 0. The molecule has 31 heavy (non-hydrogen) atoms. The number of sulfonamides is 1. The van der Waals surface area contributed by atoms with E-state index in [-0.39, 0.29) is 6.42 Å². The van der Waals surface area contributed by atoms with Gasteiger partial charge in [-0.3, -0.25) is 10.0 Å².